The van der Waals surface area contributed by atoms with Gasteiger partial charge in [-0.2, -0.15) is 9.40 Å². The first-order valence-corrected chi connectivity index (χ1v) is 9.81. The number of rotatable bonds is 4. The molecule has 26 heavy (non-hydrogen) atoms. The number of aromatic nitrogens is 2. The highest BCUT2D eigenvalue weighted by Crippen LogP contribution is 2.22. The van der Waals surface area contributed by atoms with Crippen molar-refractivity contribution in [3.05, 3.63) is 46.8 Å². The van der Waals surface area contributed by atoms with Gasteiger partial charge in [0, 0.05) is 57.1 Å². The number of nitrogens with zero attached hydrogens (tertiary/aromatic N) is 4. The second-order valence-electron chi connectivity index (χ2n) is 6.53. The molecule has 142 valence electrons. The van der Waals surface area contributed by atoms with E-state index in [1.807, 2.05) is 25.6 Å². The van der Waals surface area contributed by atoms with Crippen LogP contribution in [0.2, 0.25) is 0 Å². The molecule has 1 aromatic carbocycles. The lowest BCUT2D eigenvalue weighted by Crippen LogP contribution is -2.48. The van der Waals surface area contributed by atoms with Gasteiger partial charge >= 0.3 is 0 Å². The summed E-state index contributed by atoms with van der Waals surface area (Å²) in [6, 6.07) is 2.53. The van der Waals surface area contributed by atoms with Crippen molar-refractivity contribution >= 4 is 10.0 Å². The van der Waals surface area contributed by atoms with Gasteiger partial charge in [0.15, 0.2) is 0 Å². The van der Waals surface area contributed by atoms with Gasteiger partial charge in [0.2, 0.25) is 10.0 Å². The molecule has 1 aromatic heterocycles. The second kappa shape index (κ2) is 7.05. The molecule has 2 aromatic rings. The number of halogens is 2. The quantitative estimate of drug-likeness (QED) is 0.807. The predicted molar refractivity (Wildman–Crippen MR) is 93.1 cm³/mol. The number of hydrogen-bond acceptors (Lipinski definition) is 4. The number of sulfonamides is 1. The summed E-state index contributed by atoms with van der Waals surface area (Å²) in [6.07, 6.45) is 0. The summed E-state index contributed by atoms with van der Waals surface area (Å²) in [5.74, 6) is -1.86. The van der Waals surface area contributed by atoms with Crippen LogP contribution in [-0.4, -0.2) is 53.6 Å². The van der Waals surface area contributed by atoms with Gasteiger partial charge in [-0.15, -0.1) is 0 Å². The molecule has 0 N–H and O–H groups in total. The van der Waals surface area contributed by atoms with Gasteiger partial charge in [-0.3, -0.25) is 9.58 Å². The molecular weight excluding hydrogens is 362 g/mol. The summed E-state index contributed by atoms with van der Waals surface area (Å²) in [5, 5.41) is 4.40. The SMILES string of the molecule is Cc1nn(C)c(C)c1CN1CCN(S(=O)(=O)c2ccc(F)cc2F)CC1. The van der Waals surface area contributed by atoms with E-state index in [-0.39, 0.29) is 13.1 Å². The molecule has 0 bridgehead atoms. The monoisotopic (exact) mass is 384 g/mol. The van der Waals surface area contributed by atoms with Crippen LogP contribution in [0.25, 0.3) is 0 Å². The Morgan fingerprint density at radius 3 is 2.31 bits per heavy atom. The molecule has 0 aliphatic carbocycles. The van der Waals surface area contributed by atoms with E-state index >= 15 is 0 Å². The zero-order chi connectivity index (χ0) is 19.1. The highest BCUT2D eigenvalue weighted by atomic mass is 32.2. The van der Waals surface area contributed by atoms with Gasteiger partial charge in [0.25, 0.3) is 0 Å². The van der Waals surface area contributed by atoms with Crippen molar-refractivity contribution in [1.29, 1.82) is 0 Å². The molecule has 6 nitrogen and oxygen atoms in total. The summed E-state index contributed by atoms with van der Waals surface area (Å²) in [6.45, 7) is 6.26. The van der Waals surface area contributed by atoms with Crippen molar-refractivity contribution in [3.63, 3.8) is 0 Å². The van der Waals surface area contributed by atoms with Gasteiger partial charge in [-0.1, -0.05) is 0 Å². The highest BCUT2D eigenvalue weighted by molar-refractivity contribution is 7.89. The average Bonchev–Trinajstić information content (AvgIpc) is 2.81. The van der Waals surface area contributed by atoms with Crippen LogP contribution in [0.4, 0.5) is 8.78 Å². The molecule has 1 aliphatic rings. The summed E-state index contributed by atoms with van der Waals surface area (Å²) < 4.78 is 55.3. The Morgan fingerprint density at radius 1 is 1.12 bits per heavy atom. The summed E-state index contributed by atoms with van der Waals surface area (Å²) >= 11 is 0. The maximum atomic E-state index is 13.9. The van der Waals surface area contributed by atoms with E-state index in [2.05, 4.69) is 10.00 Å². The minimum Gasteiger partial charge on any atom is -0.296 e. The van der Waals surface area contributed by atoms with E-state index in [1.54, 1.807) is 0 Å². The minimum absolute atomic E-state index is 0.261. The molecule has 0 spiro atoms. The molecule has 2 heterocycles. The zero-order valence-corrected chi connectivity index (χ0v) is 15.9. The second-order valence-corrected chi connectivity index (χ2v) is 8.43. The third-order valence-corrected chi connectivity index (χ3v) is 6.82. The first-order valence-electron chi connectivity index (χ1n) is 8.37. The van der Waals surface area contributed by atoms with Crippen LogP contribution < -0.4 is 0 Å². The Bertz CT molecular complexity index is 919. The van der Waals surface area contributed by atoms with Crippen LogP contribution in [0.5, 0.6) is 0 Å². The fourth-order valence-corrected chi connectivity index (χ4v) is 4.69. The van der Waals surface area contributed by atoms with Gasteiger partial charge < -0.3 is 0 Å². The topological polar surface area (TPSA) is 58.4 Å². The number of hydrogen-bond donors (Lipinski definition) is 0. The predicted octanol–water partition coefficient (Wildman–Crippen LogP) is 1.82. The molecular formula is C17H22F2N4O2S. The Labute approximate surface area is 152 Å². The van der Waals surface area contributed by atoms with Crippen molar-refractivity contribution in [2.75, 3.05) is 26.2 Å². The maximum Gasteiger partial charge on any atom is 0.246 e. The summed E-state index contributed by atoms with van der Waals surface area (Å²) in [7, 11) is -2.07. The third kappa shape index (κ3) is 3.51. The van der Waals surface area contributed by atoms with Crippen LogP contribution in [0, 0.1) is 25.5 Å². The molecule has 0 amide bonds. The lowest BCUT2D eigenvalue weighted by molar-refractivity contribution is 0.181. The van der Waals surface area contributed by atoms with Crippen molar-refractivity contribution < 1.29 is 17.2 Å². The number of benzene rings is 1. The first-order chi connectivity index (χ1) is 12.2. The van der Waals surface area contributed by atoms with E-state index in [0.717, 1.165) is 29.1 Å². The van der Waals surface area contributed by atoms with Crippen molar-refractivity contribution in [2.45, 2.75) is 25.3 Å². The van der Waals surface area contributed by atoms with Crippen LogP contribution in [-0.2, 0) is 23.6 Å². The highest BCUT2D eigenvalue weighted by Gasteiger charge is 2.31. The number of piperazine rings is 1. The molecule has 1 fully saturated rings. The Balaban J connectivity index is 1.70. The van der Waals surface area contributed by atoms with E-state index in [0.29, 0.717) is 25.7 Å². The van der Waals surface area contributed by atoms with Crippen LogP contribution in [0.1, 0.15) is 17.0 Å². The Hall–Kier alpha value is -1.84. The maximum absolute atomic E-state index is 13.9. The molecule has 9 heteroatoms. The molecule has 0 radical (unpaired) electrons. The van der Waals surface area contributed by atoms with Crippen LogP contribution in [0.15, 0.2) is 23.1 Å². The smallest absolute Gasteiger partial charge is 0.246 e. The fourth-order valence-electron chi connectivity index (χ4n) is 3.22. The third-order valence-electron chi connectivity index (χ3n) is 4.88. The Kier molecular flexibility index (Phi) is 5.14. The van der Waals surface area contributed by atoms with Gasteiger partial charge in [-0.05, 0) is 26.0 Å². The van der Waals surface area contributed by atoms with E-state index in [1.165, 1.54) is 4.31 Å². The largest absolute Gasteiger partial charge is 0.296 e. The number of aryl methyl sites for hydroxylation is 2. The van der Waals surface area contributed by atoms with Crippen molar-refractivity contribution in [2.24, 2.45) is 7.05 Å². The van der Waals surface area contributed by atoms with Crippen LogP contribution >= 0.6 is 0 Å². The first kappa shape index (κ1) is 18.9. The Morgan fingerprint density at radius 2 is 1.77 bits per heavy atom. The summed E-state index contributed by atoms with van der Waals surface area (Å²) in [5.41, 5.74) is 3.20. The molecule has 0 saturated carbocycles. The summed E-state index contributed by atoms with van der Waals surface area (Å²) in [4.78, 5) is 1.68. The van der Waals surface area contributed by atoms with E-state index in [9.17, 15) is 17.2 Å². The normalized spacial score (nSPS) is 17.0. The molecule has 0 atom stereocenters. The molecule has 1 aliphatic heterocycles. The lowest BCUT2D eigenvalue weighted by Gasteiger charge is -2.34. The molecule has 0 unspecified atom stereocenters. The molecule has 3 rings (SSSR count). The lowest BCUT2D eigenvalue weighted by atomic mass is 10.1. The van der Waals surface area contributed by atoms with Gasteiger partial charge in [-0.25, -0.2) is 17.2 Å². The van der Waals surface area contributed by atoms with E-state index in [4.69, 9.17) is 0 Å². The van der Waals surface area contributed by atoms with E-state index < -0.39 is 26.6 Å². The van der Waals surface area contributed by atoms with Gasteiger partial charge in [0.1, 0.15) is 16.5 Å². The fraction of sp³-hybridized carbons (Fsp3) is 0.471. The standard InChI is InChI=1S/C17H22F2N4O2S/c1-12-15(13(2)21(3)20-12)11-22-6-8-23(9-7-22)26(24,25)17-5-4-14(18)10-16(17)19/h4-5,10H,6-9,11H2,1-3H3. The minimum atomic E-state index is -3.97. The van der Waals surface area contributed by atoms with Crippen molar-refractivity contribution in [1.82, 2.24) is 19.0 Å². The zero-order valence-electron chi connectivity index (χ0n) is 15.0. The molecule has 1 saturated heterocycles. The van der Waals surface area contributed by atoms with Crippen molar-refractivity contribution in [3.8, 4) is 0 Å². The van der Waals surface area contributed by atoms with Crippen LogP contribution in [0.3, 0.4) is 0 Å². The average molecular weight is 384 g/mol. The van der Waals surface area contributed by atoms with Gasteiger partial charge in [0.05, 0.1) is 5.69 Å².